The largest absolute Gasteiger partial charge is 0.462 e. The van der Waals surface area contributed by atoms with Gasteiger partial charge in [-0.2, -0.15) is 0 Å². The highest BCUT2D eigenvalue weighted by molar-refractivity contribution is 7.89. The van der Waals surface area contributed by atoms with Gasteiger partial charge in [-0.25, -0.2) is 23.1 Å². The lowest BCUT2D eigenvalue weighted by Crippen LogP contribution is -2.32. The minimum absolute atomic E-state index is 0.0172. The third kappa shape index (κ3) is 34.3. The summed E-state index contributed by atoms with van der Waals surface area (Å²) < 4.78 is 39.8. The monoisotopic (exact) mass is 893 g/mol. The molecule has 0 amide bonds. The number of hydrogen-bond acceptors (Lipinski definition) is 9. The molecule has 0 aliphatic heterocycles. The Kier molecular flexibility index (Phi) is 38.8. The number of nitrogens with zero attached hydrogens (tertiary/aromatic N) is 3. The highest BCUT2D eigenvalue weighted by Gasteiger charge is 2.17. The van der Waals surface area contributed by atoms with Crippen molar-refractivity contribution in [3.05, 3.63) is 18.5 Å². The number of carbonyl (C=O) groups is 2. The van der Waals surface area contributed by atoms with E-state index in [1.54, 1.807) is 6.07 Å². The van der Waals surface area contributed by atoms with E-state index in [1.807, 2.05) is 0 Å². The summed E-state index contributed by atoms with van der Waals surface area (Å²) in [5, 5.41) is -0.196. The van der Waals surface area contributed by atoms with Gasteiger partial charge >= 0.3 is 11.9 Å². The maximum absolute atomic E-state index is 12.9. The van der Waals surface area contributed by atoms with Gasteiger partial charge in [0, 0.05) is 31.8 Å². The molecule has 0 bridgehead atoms. The second-order valence-corrected chi connectivity index (χ2v) is 19.6. The Morgan fingerprint density at radius 2 is 0.887 bits per heavy atom. The lowest BCUT2D eigenvalue weighted by atomic mass is 10.0. The molecular formula is C51H96N4O6S. The van der Waals surface area contributed by atoms with Crippen LogP contribution in [0.1, 0.15) is 252 Å². The van der Waals surface area contributed by atoms with Crippen LogP contribution in [0.25, 0.3) is 0 Å². The molecular weight excluding hydrogens is 797 g/mol. The van der Waals surface area contributed by atoms with Gasteiger partial charge in [-0.1, -0.05) is 163 Å². The van der Waals surface area contributed by atoms with Gasteiger partial charge in [0.25, 0.3) is 15.2 Å². The van der Waals surface area contributed by atoms with E-state index in [-0.39, 0.29) is 29.3 Å². The van der Waals surface area contributed by atoms with Crippen molar-refractivity contribution in [2.75, 3.05) is 26.2 Å². The molecule has 62 heavy (non-hydrogen) atoms. The van der Waals surface area contributed by atoms with Crippen LogP contribution in [-0.2, 0) is 29.1 Å². The van der Waals surface area contributed by atoms with Crippen molar-refractivity contribution < 1.29 is 27.5 Å². The Labute approximate surface area is 382 Å². The Morgan fingerprint density at radius 1 is 0.516 bits per heavy atom. The summed E-state index contributed by atoms with van der Waals surface area (Å²) >= 11 is 0. The van der Waals surface area contributed by atoms with Gasteiger partial charge in [-0.3, -0.25) is 9.59 Å². The lowest BCUT2D eigenvalue weighted by Gasteiger charge is -2.22. The topological polar surface area (TPSA) is 128 Å². The molecule has 11 heteroatoms. The van der Waals surface area contributed by atoms with Gasteiger partial charge in [0.2, 0.25) is 0 Å². The minimum atomic E-state index is -3.73. The number of ether oxygens (including phenoxy) is 2. The van der Waals surface area contributed by atoms with E-state index in [9.17, 15) is 18.0 Å². The Hall–Kier alpha value is -2.11. The van der Waals surface area contributed by atoms with E-state index in [0.29, 0.717) is 25.8 Å². The second-order valence-electron chi connectivity index (χ2n) is 18.0. The maximum atomic E-state index is 12.9. The molecule has 1 aromatic heterocycles. The van der Waals surface area contributed by atoms with Crippen molar-refractivity contribution in [3.8, 4) is 0 Å². The third-order valence-electron chi connectivity index (χ3n) is 12.1. The fourth-order valence-electron chi connectivity index (χ4n) is 8.16. The van der Waals surface area contributed by atoms with Gasteiger partial charge in [0.15, 0.2) is 0 Å². The molecule has 1 atom stereocenters. The number of rotatable bonds is 46. The van der Waals surface area contributed by atoms with Crippen LogP contribution in [0.15, 0.2) is 23.6 Å². The van der Waals surface area contributed by atoms with Crippen LogP contribution in [-0.4, -0.2) is 73.6 Å². The first-order valence-corrected chi connectivity index (χ1v) is 27.6. The first-order chi connectivity index (χ1) is 30.2. The summed E-state index contributed by atoms with van der Waals surface area (Å²) in [5.74, 6) is -0.0638. The van der Waals surface area contributed by atoms with Crippen molar-refractivity contribution in [3.63, 3.8) is 0 Å². The van der Waals surface area contributed by atoms with E-state index in [2.05, 4.69) is 47.3 Å². The molecule has 1 N–H and O–H groups in total. The number of hydrogen-bond donors (Lipinski definition) is 1. The van der Waals surface area contributed by atoms with Crippen molar-refractivity contribution in [2.24, 2.45) is 0 Å². The Bertz CT molecular complexity index is 1250. The quantitative estimate of drug-likeness (QED) is 0.0386. The molecule has 0 aliphatic rings. The van der Waals surface area contributed by atoms with Gasteiger partial charge in [0.05, 0.1) is 0 Å². The fourth-order valence-corrected chi connectivity index (χ4v) is 9.10. The van der Waals surface area contributed by atoms with Gasteiger partial charge in [-0.05, 0) is 103 Å². The van der Waals surface area contributed by atoms with E-state index in [0.717, 1.165) is 129 Å². The Morgan fingerprint density at radius 3 is 1.34 bits per heavy atom. The van der Waals surface area contributed by atoms with Crippen LogP contribution in [0.4, 0.5) is 0 Å². The molecule has 10 nitrogen and oxygen atoms in total. The number of carbonyl (C=O) groups excluding carboxylic acids is 2. The van der Waals surface area contributed by atoms with Crippen molar-refractivity contribution in [1.82, 2.24) is 19.6 Å². The third-order valence-corrected chi connectivity index (χ3v) is 13.4. The summed E-state index contributed by atoms with van der Waals surface area (Å²) in [4.78, 5) is 35.6. The number of aromatic nitrogens is 2. The summed E-state index contributed by atoms with van der Waals surface area (Å²) in [6, 6.07) is 1.60. The average Bonchev–Trinajstić information content (AvgIpc) is 3.27. The van der Waals surface area contributed by atoms with Crippen LogP contribution < -0.4 is 4.72 Å². The summed E-state index contributed by atoms with van der Waals surface area (Å²) in [7, 11) is -3.73. The average molecular weight is 893 g/mol. The Balaban J connectivity index is 2.44. The predicted molar refractivity (Wildman–Crippen MR) is 258 cm³/mol. The summed E-state index contributed by atoms with van der Waals surface area (Å²) in [6.07, 6.45) is 41.6. The second kappa shape index (κ2) is 41.6. The van der Waals surface area contributed by atoms with Crippen molar-refractivity contribution in [2.45, 2.75) is 270 Å². The first-order valence-electron chi connectivity index (χ1n) is 26.1. The molecule has 1 aromatic rings. The van der Waals surface area contributed by atoms with E-state index in [1.165, 1.54) is 109 Å². The van der Waals surface area contributed by atoms with E-state index in [4.69, 9.17) is 9.47 Å². The molecule has 362 valence electrons. The predicted octanol–water partition coefficient (Wildman–Crippen LogP) is 13.6. The lowest BCUT2D eigenvalue weighted by molar-refractivity contribution is -0.150. The smallest absolute Gasteiger partial charge is 0.306 e. The molecule has 0 saturated carbocycles. The number of sulfonamides is 1. The standard InChI is InChI=1S/C51H96N4O6S/c1-5-9-12-15-20-27-36-47(8-4)60-49(56)39-30-23-18-25-32-44-55(46-35-43-54-62(58,59)51-52-41-34-42-53-51)45-33-26-19-24-31-40-50(57)61-48(37-28-21-16-13-10-6-2)38-29-22-17-14-11-7-3/h34,41-42,47-48,54H,5-33,35-40,43-46H2,1-4H3. The van der Waals surface area contributed by atoms with Crippen LogP contribution in [0, 0.1) is 0 Å². The highest BCUT2D eigenvalue weighted by atomic mass is 32.2. The number of nitrogens with one attached hydrogen (secondary N) is 1. The molecule has 0 fully saturated rings. The molecule has 1 unspecified atom stereocenters. The van der Waals surface area contributed by atoms with Gasteiger partial charge in [0.1, 0.15) is 12.2 Å². The van der Waals surface area contributed by atoms with E-state index >= 15 is 0 Å². The van der Waals surface area contributed by atoms with Crippen molar-refractivity contribution in [1.29, 1.82) is 0 Å². The molecule has 1 rings (SSSR count). The van der Waals surface area contributed by atoms with E-state index < -0.39 is 10.0 Å². The SMILES string of the molecule is CCCCCCCCC(CC)OC(=O)CCCCCCCN(CCCCCCCC(=O)OC(CCCCCCCC)CCCCCCCC)CCCNS(=O)(=O)c1ncccn1. The molecule has 1 heterocycles. The summed E-state index contributed by atoms with van der Waals surface area (Å²) in [5.41, 5.74) is 0. The minimum Gasteiger partial charge on any atom is -0.462 e. The van der Waals surface area contributed by atoms with Gasteiger partial charge in [-0.15, -0.1) is 0 Å². The maximum Gasteiger partial charge on any atom is 0.306 e. The molecule has 0 aromatic carbocycles. The zero-order valence-electron chi connectivity index (χ0n) is 40.7. The molecule has 0 aliphatic carbocycles. The van der Waals surface area contributed by atoms with Crippen molar-refractivity contribution >= 4 is 22.0 Å². The normalized spacial score (nSPS) is 12.4. The van der Waals surface area contributed by atoms with Crippen LogP contribution in [0.3, 0.4) is 0 Å². The zero-order valence-corrected chi connectivity index (χ0v) is 41.5. The van der Waals surface area contributed by atoms with Crippen LogP contribution >= 0.6 is 0 Å². The molecule has 0 spiro atoms. The highest BCUT2D eigenvalue weighted by Crippen LogP contribution is 2.19. The fraction of sp³-hybridized carbons (Fsp3) is 0.882. The number of unbranched alkanes of at least 4 members (excludes halogenated alkanes) is 23. The van der Waals surface area contributed by atoms with Crippen LogP contribution in [0.2, 0.25) is 0 Å². The van der Waals surface area contributed by atoms with Crippen LogP contribution in [0.5, 0.6) is 0 Å². The zero-order chi connectivity index (χ0) is 45.2. The van der Waals surface area contributed by atoms with Gasteiger partial charge < -0.3 is 14.4 Å². The molecule has 0 saturated heterocycles. The first kappa shape index (κ1) is 57.9. The molecule has 0 radical (unpaired) electrons. The summed E-state index contributed by atoms with van der Waals surface area (Å²) in [6.45, 7) is 11.9. The number of esters is 2.